The monoisotopic (exact) mass is 490 g/mol. The fraction of sp³-hybridized carbons (Fsp3) is 0.458. The molecule has 4 rings (SSSR count). The van der Waals surface area contributed by atoms with E-state index in [-0.39, 0.29) is 10.9 Å². The third-order valence-corrected chi connectivity index (χ3v) is 8.25. The Morgan fingerprint density at radius 2 is 1.82 bits per heavy atom. The molecule has 1 aliphatic heterocycles. The molecule has 1 aromatic heterocycles. The summed E-state index contributed by atoms with van der Waals surface area (Å²) in [6.07, 6.45) is 0. The first-order valence-electron chi connectivity index (χ1n) is 11.4. The maximum Gasteiger partial charge on any atom is 0.243 e. The van der Waals surface area contributed by atoms with Gasteiger partial charge in [0.2, 0.25) is 10.0 Å². The van der Waals surface area contributed by atoms with Crippen LogP contribution in [0, 0.1) is 5.92 Å². The van der Waals surface area contributed by atoms with Crippen LogP contribution in [0.2, 0.25) is 5.02 Å². The van der Waals surface area contributed by atoms with Crippen LogP contribution in [0.15, 0.2) is 47.4 Å². The Morgan fingerprint density at radius 1 is 1.12 bits per heavy atom. The highest BCUT2D eigenvalue weighted by molar-refractivity contribution is 7.89. The third kappa shape index (κ3) is 5.10. The molecule has 0 amide bonds. The summed E-state index contributed by atoms with van der Waals surface area (Å²) >= 11 is 6.06. The Labute approximate surface area is 200 Å². The van der Waals surface area contributed by atoms with Crippen LogP contribution in [-0.4, -0.2) is 48.6 Å². The van der Waals surface area contributed by atoms with Gasteiger partial charge in [-0.3, -0.25) is 0 Å². The smallest absolute Gasteiger partial charge is 0.243 e. The van der Waals surface area contributed by atoms with Crippen molar-refractivity contribution < 1.29 is 13.2 Å². The predicted molar refractivity (Wildman–Crippen MR) is 131 cm³/mol. The van der Waals surface area contributed by atoms with Crippen molar-refractivity contribution in [2.24, 2.45) is 5.92 Å². The van der Waals surface area contributed by atoms with Crippen molar-refractivity contribution in [3.05, 3.63) is 58.9 Å². The molecule has 1 fully saturated rings. The van der Waals surface area contributed by atoms with E-state index in [0.717, 1.165) is 22.9 Å². The van der Waals surface area contributed by atoms with E-state index in [1.165, 1.54) is 9.87 Å². The van der Waals surface area contributed by atoms with Crippen LogP contribution in [0.4, 0.5) is 0 Å². The first-order valence-corrected chi connectivity index (χ1v) is 13.2. The molecule has 2 heterocycles. The first-order chi connectivity index (χ1) is 15.8. The van der Waals surface area contributed by atoms with Gasteiger partial charge >= 0.3 is 0 Å². The van der Waals surface area contributed by atoms with E-state index in [0.29, 0.717) is 44.3 Å². The van der Waals surface area contributed by atoms with E-state index in [9.17, 15) is 8.42 Å². The molecule has 2 aromatic carbocycles. The lowest BCUT2D eigenvalue weighted by atomic mass is 9.96. The molecule has 33 heavy (non-hydrogen) atoms. The van der Waals surface area contributed by atoms with Crippen LogP contribution in [0.25, 0.3) is 11.0 Å². The quantitative estimate of drug-likeness (QED) is 0.511. The number of ether oxygens (including phenoxy) is 1. The van der Waals surface area contributed by atoms with E-state index in [1.807, 2.05) is 30.3 Å². The van der Waals surface area contributed by atoms with Crippen molar-refractivity contribution >= 4 is 32.7 Å². The fourth-order valence-corrected chi connectivity index (χ4v) is 5.91. The number of imidazole rings is 1. The Kier molecular flexibility index (Phi) is 7.40. The minimum absolute atomic E-state index is 0.143. The van der Waals surface area contributed by atoms with Crippen LogP contribution in [0.1, 0.15) is 38.2 Å². The molecule has 7 nitrogen and oxygen atoms in total. The SMILES string of the molecule is CCn1c(CNC(c2ccc(Cl)cc2)C(C)C)nc2cc(S(=O)(=O)N3CCOCC3)ccc21. The molecule has 1 N–H and O–H groups in total. The van der Waals surface area contributed by atoms with Crippen LogP contribution in [0.5, 0.6) is 0 Å². The molecule has 1 unspecified atom stereocenters. The summed E-state index contributed by atoms with van der Waals surface area (Å²) in [6.45, 7) is 9.34. The Hall–Kier alpha value is -1.97. The highest BCUT2D eigenvalue weighted by Gasteiger charge is 2.27. The number of rotatable bonds is 8. The van der Waals surface area contributed by atoms with Gasteiger partial charge in [-0.1, -0.05) is 37.6 Å². The number of sulfonamides is 1. The number of morpholine rings is 1. The zero-order valence-corrected chi connectivity index (χ0v) is 20.9. The Morgan fingerprint density at radius 3 is 2.45 bits per heavy atom. The maximum absolute atomic E-state index is 13.1. The van der Waals surface area contributed by atoms with Gasteiger partial charge in [0.05, 0.1) is 35.7 Å². The second kappa shape index (κ2) is 10.1. The highest BCUT2D eigenvalue weighted by Crippen LogP contribution is 2.26. The molecule has 0 bridgehead atoms. The fourth-order valence-electron chi connectivity index (χ4n) is 4.35. The van der Waals surface area contributed by atoms with Gasteiger partial charge in [0.25, 0.3) is 0 Å². The summed E-state index contributed by atoms with van der Waals surface area (Å²) in [6, 6.07) is 13.3. The van der Waals surface area contributed by atoms with Crippen molar-refractivity contribution in [3.8, 4) is 0 Å². The first kappa shape index (κ1) is 24.2. The number of hydrogen-bond donors (Lipinski definition) is 1. The van der Waals surface area contributed by atoms with Crippen LogP contribution in [0.3, 0.4) is 0 Å². The van der Waals surface area contributed by atoms with E-state index in [2.05, 4.69) is 30.7 Å². The lowest BCUT2D eigenvalue weighted by Gasteiger charge is -2.26. The topological polar surface area (TPSA) is 76.5 Å². The molecular weight excluding hydrogens is 460 g/mol. The number of nitrogens with zero attached hydrogens (tertiary/aromatic N) is 3. The maximum atomic E-state index is 13.1. The normalized spacial score (nSPS) is 16.5. The van der Waals surface area contributed by atoms with E-state index < -0.39 is 10.0 Å². The molecule has 0 saturated carbocycles. The molecular formula is C24H31ClN4O3S. The predicted octanol–water partition coefficient (Wildman–Crippen LogP) is 4.22. The number of fused-ring (bicyclic) bond motifs is 1. The zero-order valence-electron chi connectivity index (χ0n) is 19.3. The number of nitrogens with one attached hydrogen (secondary N) is 1. The van der Waals surface area contributed by atoms with Gasteiger partial charge in [-0.25, -0.2) is 13.4 Å². The average Bonchev–Trinajstić information content (AvgIpc) is 3.17. The molecule has 1 atom stereocenters. The van der Waals surface area contributed by atoms with Crippen LogP contribution < -0.4 is 5.32 Å². The second-order valence-electron chi connectivity index (χ2n) is 8.59. The van der Waals surface area contributed by atoms with Crippen LogP contribution in [-0.2, 0) is 27.8 Å². The zero-order chi connectivity index (χ0) is 23.6. The van der Waals surface area contributed by atoms with Crippen molar-refractivity contribution in [3.63, 3.8) is 0 Å². The largest absolute Gasteiger partial charge is 0.379 e. The molecule has 178 valence electrons. The number of hydrogen-bond acceptors (Lipinski definition) is 5. The summed E-state index contributed by atoms with van der Waals surface area (Å²) in [5, 5.41) is 4.36. The summed E-state index contributed by atoms with van der Waals surface area (Å²) in [5.41, 5.74) is 2.80. The molecule has 3 aromatic rings. The van der Waals surface area contributed by atoms with Crippen LogP contribution >= 0.6 is 11.6 Å². The summed E-state index contributed by atoms with van der Waals surface area (Å²) < 4.78 is 35.1. The van der Waals surface area contributed by atoms with Gasteiger partial charge in [-0.15, -0.1) is 0 Å². The summed E-state index contributed by atoms with van der Waals surface area (Å²) in [5.74, 6) is 1.25. The molecule has 0 radical (unpaired) electrons. The van der Waals surface area contributed by atoms with Gasteiger partial charge in [-0.05, 0) is 48.7 Å². The number of aryl methyl sites for hydroxylation is 1. The van der Waals surface area contributed by atoms with Crippen molar-refractivity contribution in [2.45, 2.75) is 44.8 Å². The average molecular weight is 491 g/mol. The van der Waals surface area contributed by atoms with Gasteiger partial charge < -0.3 is 14.6 Å². The standard InChI is InChI=1S/C24H31ClN4O3S/c1-4-29-22-10-9-20(33(30,31)28-11-13-32-14-12-28)15-21(22)27-23(29)16-26-24(17(2)3)18-5-7-19(25)8-6-18/h5-10,15,17,24,26H,4,11-14,16H2,1-3H3. The Bertz CT molecular complexity index is 1200. The molecule has 9 heteroatoms. The molecule has 0 spiro atoms. The van der Waals surface area contributed by atoms with Gasteiger partial charge in [-0.2, -0.15) is 4.31 Å². The van der Waals surface area contributed by atoms with Crippen molar-refractivity contribution in [1.29, 1.82) is 0 Å². The molecule has 0 aliphatic carbocycles. The Balaban J connectivity index is 1.60. The summed E-state index contributed by atoms with van der Waals surface area (Å²) in [4.78, 5) is 5.09. The van der Waals surface area contributed by atoms with E-state index in [1.54, 1.807) is 12.1 Å². The molecule has 1 saturated heterocycles. The highest BCUT2D eigenvalue weighted by atomic mass is 35.5. The van der Waals surface area contributed by atoms with E-state index in [4.69, 9.17) is 21.3 Å². The summed E-state index contributed by atoms with van der Waals surface area (Å²) in [7, 11) is -3.56. The number of aromatic nitrogens is 2. The van der Waals surface area contributed by atoms with Gasteiger partial charge in [0.15, 0.2) is 0 Å². The second-order valence-corrected chi connectivity index (χ2v) is 11.0. The third-order valence-electron chi connectivity index (χ3n) is 6.10. The minimum Gasteiger partial charge on any atom is -0.379 e. The van der Waals surface area contributed by atoms with Gasteiger partial charge in [0, 0.05) is 30.7 Å². The number of benzene rings is 2. The minimum atomic E-state index is -3.56. The molecule has 1 aliphatic rings. The van der Waals surface area contributed by atoms with Crippen molar-refractivity contribution in [1.82, 2.24) is 19.2 Å². The van der Waals surface area contributed by atoms with E-state index >= 15 is 0 Å². The lowest BCUT2D eigenvalue weighted by Crippen LogP contribution is -2.40. The van der Waals surface area contributed by atoms with Crippen molar-refractivity contribution in [2.75, 3.05) is 26.3 Å². The lowest BCUT2D eigenvalue weighted by molar-refractivity contribution is 0.0730. The van der Waals surface area contributed by atoms with Gasteiger partial charge in [0.1, 0.15) is 5.82 Å². The number of halogens is 1.